The molecule has 0 spiro atoms. The van der Waals surface area contributed by atoms with E-state index in [4.69, 9.17) is 0 Å². The number of H-pyrrole nitrogens is 1. The predicted molar refractivity (Wildman–Crippen MR) is 79.8 cm³/mol. The highest BCUT2D eigenvalue weighted by molar-refractivity contribution is 6.05. The number of para-hydroxylation sites is 1. The van der Waals surface area contributed by atoms with Crippen molar-refractivity contribution in [3.05, 3.63) is 24.3 Å². The fraction of sp³-hybridized carbons (Fsp3) is 0.400. The lowest BCUT2D eigenvalue weighted by molar-refractivity contribution is -0.126. The SMILES string of the molecule is CC(C)NC(=O)C1CC(=O)N(c2n[nH]c3ccccc23)C1. The van der Waals surface area contributed by atoms with Crippen molar-refractivity contribution < 1.29 is 9.59 Å². The minimum absolute atomic E-state index is 0.0591. The van der Waals surface area contributed by atoms with E-state index in [-0.39, 0.29) is 30.2 Å². The number of carbonyl (C=O) groups is 2. The Morgan fingerprint density at radius 3 is 2.95 bits per heavy atom. The van der Waals surface area contributed by atoms with Crippen LogP contribution in [-0.4, -0.2) is 34.6 Å². The average Bonchev–Trinajstić information content (AvgIpc) is 3.01. The summed E-state index contributed by atoms with van der Waals surface area (Å²) in [5, 5.41) is 10.9. The molecule has 1 unspecified atom stereocenters. The molecule has 1 aliphatic heterocycles. The molecule has 1 saturated heterocycles. The second kappa shape index (κ2) is 5.20. The Kier molecular flexibility index (Phi) is 3.37. The molecule has 0 saturated carbocycles. The Morgan fingerprint density at radius 2 is 2.19 bits per heavy atom. The summed E-state index contributed by atoms with van der Waals surface area (Å²) in [6.07, 6.45) is 0.236. The van der Waals surface area contributed by atoms with E-state index < -0.39 is 0 Å². The molecule has 0 aliphatic carbocycles. The van der Waals surface area contributed by atoms with Crippen molar-refractivity contribution in [2.75, 3.05) is 11.4 Å². The third-order valence-electron chi connectivity index (χ3n) is 3.63. The van der Waals surface area contributed by atoms with Gasteiger partial charge >= 0.3 is 0 Å². The zero-order valence-electron chi connectivity index (χ0n) is 12.1. The zero-order chi connectivity index (χ0) is 15.0. The molecule has 1 fully saturated rings. The van der Waals surface area contributed by atoms with Gasteiger partial charge in [-0.1, -0.05) is 12.1 Å². The van der Waals surface area contributed by atoms with E-state index in [0.717, 1.165) is 10.9 Å². The number of amides is 2. The van der Waals surface area contributed by atoms with Crippen molar-refractivity contribution in [3.8, 4) is 0 Å². The van der Waals surface area contributed by atoms with E-state index in [0.29, 0.717) is 12.4 Å². The van der Waals surface area contributed by atoms with Crippen LogP contribution in [0, 0.1) is 5.92 Å². The van der Waals surface area contributed by atoms with Crippen LogP contribution in [0.1, 0.15) is 20.3 Å². The van der Waals surface area contributed by atoms with Gasteiger partial charge in [0.2, 0.25) is 11.8 Å². The average molecular weight is 286 g/mol. The number of hydrogen-bond acceptors (Lipinski definition) is 3. The van der Waals surface area contributed by atoms with E-state index in [1.54, 1.807) is 4.90 Å². The van der Waals surface area contributed by atoms with Crippen LogP contribution in [0.15, 0.2) is 24.3 Å². The van der Waals surface area contributed by atoms with E-state index in [2.05, 4.69) is 15.5 Å². The van der Waals surface area contributed by atoms with Gasteiger partial charge in [-0.3, -0.25) is 19.6 Å². The quantitative estimate of drug-likeness (QED) is 0.896. The van der Waals surface area contributed by atoms with Gasteiger partial charge in [-0.15, -0.1) is 0 Å². The highest BCUT2D eigenvalue weighted by atomic mass is 16.2. The molecule has 2 aromatic rings. The summed E-state index contributed by atoms with van der Waals surface area (Å²) < 4.78 is 0. The lowest BCUT2D eigenvalue weighted by Crippen LogP contribution is -2.37. The number of nitrogens with zero attached hydrogens (tertiary/aromatic N) is 2. The van der Waals surface area contributed by atoms with Crippen LogP contribution in [0.4, 0.5) is 5.82 Å². The normalized spacial score (nSPS) is 18.7. The number of aromatic amines is 1. The van der Waals surface area contributed by atoms with Crippen molar-refractivity contribution in [2.24, 2.45) is 5.92 Å². The van der Waals surface area contributed by atoms with E-state index in [9.17, 15) is 9.59 Å². The second-order valence-corrected chi connectivity index (χ2v) is 5.66. The highest BCUT2D eigenvalue weighted by Gasteiger charge is 2.36. The number of fused-ring (bicyclic) bond motifs is 1. The standard InChI is InChI=1S/C15H18N4O2/c1-9(2)16-15(21)10-7-13(20)19(8-10)14-11-5-3-4-6-12(11)17-18-14/h3-6,9-10H,7-8H2,1-2H3,(H,16,21)(H,17,18). The van der Waals surface area contributed by atoms with Crippen molar-refractivity contribution in [1.29, 1.82) is 0 Å². The fourth-order valence-corrected chi connectivity index (χ4v) is 2.65. The van der Waals surface area contributed by atoms with Gasteiger partial charge in [0.25, 0.3) is 0 Å². The Balaban J connectivity index is 1.84. The van der Waals surface area contributed by atoms with Gasteiger partial charge in [-0.2, -0.15) is 5.10 Å². The molecular formula is C15H18N4O2. The third kappa shape index (κ3) is 2.49. The lowest BCUT2D eigenvalue weighted by Gasteiger charge is -2.15. The Bertz CT molecular complexity index is 692. The smallest absolute Gasteiger partial charge is 0.229 e. The Labute approximate surface area is 122 Å². The summed E-state index contributed by atoms with van der Waals surface area (Å²) in [6.45, 7) is 4.20. The first kappa shape index (κ1) is 13.6. The summed E-state index contributed by atoms with van der Waals surface area (Å²) in [7, 11) is 0. The minimum atomic E-state index is -0.310. The van der Waals surface area contributed by atoms with Crippen molar-refractivity contribution in [3.63, 3.8) is 0 Å². The number of nitrogens with one attached hydrogen (secondary N) is 2. The maximum Gasteiger partial charge on any atom is 0.229 e. The molecule has 2 heterocycles. The molecular weight excluding hydrogens is 268 g/mol. The molecule has 6 heteroatoms. The van der Waals surface area contributed by atoms with Crippen LogP contribution in [0.5, 0.6) is 0 Å². The molecule has 0 bridgehead atoms. The molecule has 21 heavy (non-hydrogen) atoms. The number of benzene rings is 1. The summed E-state index contributed by atoms with van der Waals surface area (Å²) >= 11 is 0. The number of hydrogen-bond donors (Lipinski definition) is 2. The van der Waals surface area contributed by atoms with Crippen molar-refractivity contribution in [2.45, 2.75) is 26.3 Å². The summed E-state index contributed by atoms with van der Waals surface area (Å²) in [6, 6.07) is 7.73. The van der Waals surface area contributed by atoms with E-state index in [1.165, 1.54) is 0 Å². The fourth-order valence-electron chi connectivity index (χ4n) is 2.65. The summed E-state index contributed by atoms with van der Waals surface area (Å²) in [5.74, 6) is 0.169. The topological polar surface area (TPSA) is 78.1 Å². The van der Waals surface area contributed by atoms with E-state index in [1.807, 2.05) is 38.1 Å². The molecule has 6 nitrogen and oxygen atoms in total. The molecule has 2 amide bonds. The van der Waals surface area contributed by atoms with Gasteiger partial charge in [0.15, 0.2) is 5.82 Å². The van der Waals surface area contributed by atoms with Crippen LogP contribution < -0.4 is 10.2 Å². The number of aromatic nitrogens is 2. The first-order chi connectivity index (χ1) is 10.1. The largest absolute Gasteiger partial charge is 0.354 e. The minimum Gasteiger partial charge on any atom is -0.354 e. The van der Waals surface area contributed by atoms with Gasteiger partial charge in [-0.05, 0) is 26.0 Å². The molecule has 2 N–H and O–H groups in total. The summed E-state index contributed by atoms with van der Waals surface area (Å²) in [4.78, 5) is 25.9. The second-order valence-electron chi connectivity index (χ2n) is 5.66. The van der Waals surface area contributed by atoms with Crippen LogP contribution in [0.25, 0.3) is 10.9 Å². The van der Waals surface area contributed by atoms with Gasteiger partial charge in [0.1, 0.15) is 0 Å². The molecule has 110 valence electrons. The number of carbonyl (C=O) groups excluding carboxylic acids is 2. The summed E-state index contributed by atoms with van der Waals surface area (Å²) in [5.41, 5.74) is 0.885. The zero-order valence-corrected chi connectivity index (χ0v) is 12.1. The predicted octanol–water partition coefficient (Wildman–Crippen LogP) is 1.44. The maximum absolute atomic E-state index is 12.2. The van der Waals surface area contributed by atoms with Crippen molar-refractivity contribution >= 4 is 28.5 Å². The first-order valence-corrected chi connectivity index (χ1v) is 7.10. The maximum atomic E-state index is 12.2. The van der Waals surface area contributed by atoms with Crippen LogP contribution >= 0.6 is 0 Å². The molecule has 1 aliphatic rings. The molecule has 1 aromatic heterocycles. The molecule has 1 aromatic carbocycles. The third-order valence-corrected chi connectivity index (χ3v) is 3.63. The first-order valence-electron chi connectivity index (χ1n) is 7.10. The van der Waals surface area contributed by atoms with Gasteiger partial charge in [-0.25, -0.2) is 0 Å². The molecule has 0 radical (unpaired) electrons. The molecule has 1 atom stereocenters. The Morgan fingerprint density at radius 1 is 1.43 bits per heavy atom. The monoisotopic (exact) mass is 286 g/mol. The van der Waals surface area contributed by atoms with Crippen molar-refractivity contribution in [1.82, 2.24) is 15.5 Å². The number of rotatable bonds is 3. The van der Waals surface area contributed by atoms with E-state index >= 15 is 0 Å². The highest BCUT2D eigenvalue weighted by Crippen LogP contribution is 2.29. The van der Waals surface area contributed by atoms with Gasteiger partial charge in [0.05, 0.1) is 11.4 Å². The van der Waals surface area contributed by atoms with Gasteiger partial charge < -0.3 is 5.32 Å². The number of anilines is 1. The van der Waals surface area contributed by atoms with Crippen LogP contribution in [-0.2, 0) is 9.59 Å². The van der Waals surface area contributed by atoms with Crippen LogP contribution in [0.3, 0.4) is 0 Å². The van der Waals surface area contributed by atoms with Crippen LogP contribution in [0.2, 0.25) is 0 Å². The molecule has 3 rings (SSSR count). The Hall–Kier alpha value is -2.37. The van der Waals surface area contributed by atoms with Gasteiger partial charge in [0, 0.05) is 24.4 Å². The lowest BCUT2D eigenvalue weighted by atomic mass is 10.1.